The summed E-state index contributed by atoms with van der Waals surface area (Å²) in [5, 5.41) is 4.95. The molecule has 1 aromatic carbocycles. The van der Waals surface area contributed by atoms with Crippen LogP contribution in [0.2, 0.25) is 5.02 Å². The van der Waals surface area contributed by atoms with Crippen molar-refractivity contribution in [2.24, 2.45) is 0 Å². The first kappa shape index (κ1) is 17.7. The summed E-state index contributed by atoms with van der Waals surface area (Å²) >= 11 is 5.97. The van der Waals surface area contributed by atoms with Gasteiger partial charge >= 0.3 is 0 Å². The van der Waals surface area contributed by atoms with E-state index in [1.165, 1.54) is 16.8 Å². The zero-order chi connectivity index (χ0) is 18.0. The molecule has 0 saturated heterocycles. The van der Waals surface area contributed by atoms with Gasteiger partial charge in [-0.25, -0.2) is 4.68 Å². The summed E-state index contributed by atoms with van der Waals surface area (Å²) < 4.78 is 1.37. The van der Waals surface area contributed by atoms with Gasteiger partial charge in [0, 0.05) is 23.7 Å². The molecule has 0 spiro atoms. The molecule has 5 nitrogen and oxygen atoms in total. The van der Waals surface area contributed by atoms with Gasteiger partial charge in [0.25, 0.3) is 11.5 Å². The van der Waals surface area contributed by atoms with Gasteiger partial charge in [-0.2, -0.15) is 5.10 Å². The summed E-state index contributed by atoms with van der Waals surface area (Å²) in [7, 11) is 0. The third-order valence-electron chi connectivity index (χ3n) is 4.47. The number of benzene rings is 1. The van der Waals surface area contributed by atoms with Crippen molar-refractivity contribution in [3.63, 3.8) is 0 Å². The maximum atomic E-state index is 13.1. The van der Waals surface area contributed by atoms with Crippen LogP contribution in [0.1, 0.15) is 55.2 Å². The molecule has 132 valence electrons. The van der Waals surface area contributed by atoms with Crippen molar-refractivity contribution in [1.82, 2.24) is 14.7 Å². The molecule has 1 heterocycles. The molecule has 1 aliphatic carbocycles. The fraction of sp³-hybridized carbons (Fsp3) is 0.421. The maximum Gasteiger partial charge on any atom is 0.275 e. The van der Waals surface area contributed by atoms with E-state index < -0.39 is 0 Å². The number of hydrogen-bond donors (Lipinski definition) is 0. The minimum absolute atomic E-state index is 0.0781. The summed E-state index contributed by atoms with van der Waals surface area (Å²) in [4.78, 5) is 26.8. The fourth-order valence-corrected chi connectivity index (χ4v) is 3.11. The Morgan fingerprint density at radius 1 is 1.28 bits per heavy atom. The number of nitrogens with zero attached hydrogens (tertiary/aromatic N) is 3. The van der Waals surface area contributed by atoms with Crippen LogP contribution < -0.4 is 5.56 Å². The fourth-order valence-electron chi connectivity index (χ4n) is 2.98. The van der Waals surface area contributed by atoms with E-state index in [-0.39, 0.29) is 23.6 Å². The average molecular weight is 360 g/mol. The highest BCUT2D eigenvalue weighted by Gasteiger charge is 2.37. The van der Waals surface area contributed by atoms with Gasteiger partial charge in [0.05, 0.1) is 6.04 Å². The number of halogens is 1. The van der Waals surface area contributed by atoms with Crippen molar-refractivity contribution in [2.75, 3.05) is 0 Å². The SMILES string of the molecule is CCCn1nc(C(=O)N(C2CC2)C(C)c2ccc(Cl)cc2)ccc1=O. The van der Waals surface area contributed by atoms with Crippen LogP contribution in [0.15, 0.2) is 41.2 Å². The molecular weight excluding hydrogens is 338 g/mol. The van der Waals surface area contributed by atoms with E-state index >= 15 is 0 Å². The Kier molecular flexibility index (Phi) is 5.23. The molecule has 1 unspecified atom stereocenters. The van der Waals surface area contributed by atoms with E-state index in [2.05, 4.69) is 5.10 Å². The summed E-state index contributed by atoms with van der Waals surface area (Å²) in [6.45, 7) is 4.50. The molecule has 1 fully saturated rings. The smallest absolute Gasteiger partial charge is 0.275 e. The third-order valence-corrected chi connectivity index (χ3v) is 4.72. The Morgan fingerprint density at radius 2 is 1.96 bits per heavy atom. The molecular formula is C19H22ClN3O2. The number of aryl methyl sites for hydroxylation is 1. The van der Waals surface area contributed by atoms with Crippen LogP contribution in [0.25, 0.3) is 0 Å². The van der Waals surface area contributed by atoms with E-state index in [0.717, 1.165) is 24.8 Å². The minimum atomic E-state index is -0.179. The topological polar surface area (TPSA) is 55.2 Å². The van der Waals surface area contributed by atoms with Crippen LogP contribution in [0.5, 0.6) is 0 Å². The summed E-state index contributed by atoms with van der Waals surface area (Å²) in [6, 6.07) is 10.7. The zero-order valence-electron chi connectivity index (χ0n) is 14.5. The lowest BCUT2D eigenvalue weighted by Gasteiger charge is -2.29. The Labute approximate surface area is 152 Å². The largest absolute Gasteiger partial charge is 0.328 e. The molecule has 0 aliphatic heterocycles. The molecule has 1 atom stereocenters. The molecule has 0 N–H and O–H groups in total. The first-order chi connectivity index (χ1) is 12.0. The molecule has 1 amide bonds. The maximum absolute atomic E-state index is 13.1. The normalized spacial score (nSPS) is 15.0. The average Bonchev–Trinajstić information content (AvgIpc) is 3.42. The number of amides is 1. The molecule has 3 rings (SSSR count). The van der Waals surface area contributed by atoms with Crippen molar-refractivity contribution in [1.29, 1.82) is 0 Å². The third kappa shape index (κ3) is 3.93. The van der Waals surface area contributed by atoms with Gasteiger partial charge in [0.1, 0.15) is 5.69 Å². The molecule has 1 aliphatic rings. The highest BCUT2D eigenvalue weighted by atomic mass is 35.5. The summed E-state index contributed by atoms with van der Waals surface area (Å²) in [5.74, 6) is -0.130. The number of carbonyl (C=O) groups is 1. The lowest BCUT2D eigenvalue weighted by atomic mass is 10.1. The highest BCUT2D eigenvalue weighted by Crippen LogP contribution is 2.35. The van der Waals surface area contributed by atoms with Gasteiger partial charge in [-0.3, -0.25) is 9.59 Å². The lowest BCUT2D eigenvalue weighted by molar-refractivity contribution is 0.0664. The van der Waals surface area contributed by atoms with Crippen LogP contribution in [0, 0.1) is 0 Å². The monoisotopic (exact) mass is 359 g/mol. The Bertz CT molecular complexity index is 812. The Balaban J connectivity index is 1.90. The number of aromatic nitrogens is 2. The van der Waals surface area contributed by atoms with Crippen LogP contribution in [0.4, 0.5) is 0 Å². The highest BCUT2D eigenvalue weighted by molar-refractivity contribution is 6.30. The van der Waals surface area contributed by atoms with Gasteiger partial charge < -0.3 is 4.90 Å². The van der Waals surface area contributed by atoms with E-state index in [1.54, 1.807) is 0 Å². The Hall–Kier alpha value is -2.14. The van der Waals surface area contributed by atoms with Gasteiger partial charge in [-0.1, -0.05) is 30.7 Å². The van der Waals surface area contributed by atoms with E-state index in [1.807, 2.05) is 43.0 Å². The summed E-state index contributed by atoms with van der Waals surface area (Å²) in [6.07, 6.45) is 2.79. The second kappa shape index (κ2) is 7.40. The number of rotatable bonds is 6. The predicted octanol–water partition coefficient (Wildman–Crippen LogP) is 3.67. The van der Waals surface area contributed by atoms with E-state index in [4.69, 9.17) is 11.6 Å². The first-order valence-electron chi connectivity index (χ1n) is 8.67. The van der Waals surface area contributed by atoms with Gasteiger partial charge in [0.15, 0.2) is 0 Å². The van der Waals surface area contributed by atoms with E-state index in [9.17, 15) is 9.59 Å². The Morgan fingerprint density at radius 3 is 2.56 bits per heavy atom. The molecule has 1 aromatic heterocycles. The van der Waals surface area contributed by atoms with Crippen molar-refractivity contribution < 1.29 is 4.79 Å². The quantitative estimate of drug-likeness (QED) is 0.790. The molecule has 25 heavy (non-hydrogen) atoms. The van der Waals surface area contributed by atoms with Crippen molar-refractivity contribution >= 4 is 17.5 Å². The summed E-state index contributed by atoms with van der Waals surface area (Å²) in [5.41, 5.74) is 1.18. The van der Waals surface area contributed by atoms with Gasteiger partial charge in [0.2, 0.25) is 0 Å². The van der Waals surface area contributed by atoms with Crippen LogP contribution in [0.3, 0.4) is 0 Å². The van der Waals surface area contributed by atoms with E-state index in [0.29, 0.717) is 17.3 Å². The standard InChI is InChI=1S/C19H22ClN3O2/c1-3-12-22-18(24)11-10-17(21-22)19(25)23(16-8-9-16)13(2)14-4-6-15(20)7-5-14/h4-7,10-11,13,16H,3,8-9,12H2,1-2H3. The zero-order valence-corrected chi connectivity index (χ0v) is 15.2. The predicted molar refractivity (Wildman–Crippen MR) is 97.8 cm³/mol. The van der Waals surface area contributed by atoms with Crippen LogP contribution >= 0.6 is 11.6 Å². The number of hydrogen-bond acceptors (Lipinski definition) is 3. The molecule has 1 saturated carbocycles. The second-order valence-electron chi connectivity index (χ2n) is 6.45. The number of carbonyl (C=O) groups excluding carboxylic acids is 1. The van der Waals surface area contributed by atoms with Gasteiger partial charge in [-0.15, -0.1) is 0 Å². The molecule has 0 bridgehead atoms. The molecule has 0 radical (unpaired) electrons. The second-order valence-corrected chi connectivity index (χ2v) is 6.89. The minimum Gasteiger partial charge on any atom is -0.328 e. The first-order valence-corrected chi connectivity index (χ1v) is 9.05. The van der Waals surface area contributed by atoms with Gasteiger partial charge in [-0.05, 0) is 49.9 Å². The van der Waals surface area contributed by atoms with Crippen molar-refractivity contribution in [3.8, 4) is 0 Å². The molecule has 6 heteroatoms. The van der Waals surface area contributed by atoms with Crippen LogP contribution in [-0.4, -0.2) is 26.6 Å². The van der Waals surface area contributed by atoms with Crippen LogP contribution in [-0.2, 0) is 6.54 Å². The van der Waals surface area contributed by atoms with Crippen molar-refractivity contribution in [3.05, 3.63) is 63.0 Å². The van der Waals surface area contributed by atoms with Crippen molar-refractivity contribution in [2.45, 2.75) is 51.7 Å². The lowest BCUT2D eigenvalue weighted by Crippen LogP contribution is -2.37. The molecule has 2 aromatic rings.